The predicted molar refractivity (Wildman–Crippen MR) is 99.9 cm³/mol. The summed E-state index contributed by atoms with van der Waals surface area (Å²) in [6.07, 6.45) is 5.48. The molecule has 0 spiro atoms. The van der Waals surface area contributed by atoms with E-state index in [1.165, 1.54) is 0 Å². The molecule has 2 aliphatic rings. The van der Waals surface area contributed by atoms with E-state index in [9.17, 15) is 9.59 Å². The summed E-state index contributed by atoms with van der Waals surface area (Å²) in [6.45, 7) is 2.41. The van der Waals surface area contributed by atoms with Gasteiger partial charge in [-0.2, -0.15) is 5.10 Å². The highest BCUT2D eigenvalue weighted by Crippen LogP contribution is 2.26. The van der Waals surface area contributed by atoms with Crippen LogP contribution in [0.1, 0.15) is 18.0 Å². The first-order valence-corrected chi connectivity index (χ1v) is 9.58. The van der Waals surface area contributed by atoms with Gasteiger partial charge in [-0.05, 0) is 12.1 Å². The number of furan rings is 1. The van der Waals surface area contributed by atoms with E-state index < -0.39 is 0 Å². The first kappa shape index (κ1) is 17.7. The Labute approximate surface area is 166 Å². The second-order valence-electron chi connectivity index (χ2n) is 7.51. The molecule has 29 heavy (non-hydrogen) atoms. The van der Waals surface area contributed by atoms with Gasteiger partial charge in [0.05, 0.1) is 37.0 Å². The largest absolute Gasteiger partial charge is 0.467 e. The molecule has 0 N–H and O–H groups in total. The fourth-order valence-electron chi connectivity index (χ4n) is 4.04. The highest BCUT2D eigenvalue weighted by Gasteiger charge is 2.38. The summed E-state index contributed by atoms with van der Waals surface area (Å²) >= 11 is 0. The van der Waals surface area contributed by atoms with E-state index in [-0.39, 0.29) is 24.2 Å². The maximum atomic E-state index is 13.0. The minimum atomic E-state index is -0.329. The third-order valence-electron chi connectivity index (χ3n) is 5.52. The third kappa shape index (κ3) is 3.20. The van der Waals surface area contributed by atoms with Crippen molar-refractivity contribution in [3.8, 4) is 11.4 Å². The van der Waals surface area contributed by atoms with Crippen molar-refractivity contribution in [2.24, 2.45) is 13.0 Å². The summed E-state index contributed by atoms with van der Waals surface area (Å²) in [4.78, 5) is 28.8. The molecule has 150 valence electrons. The summed E-state index contributed by atoms with van der Waals surface area (Å²) in [5, 5.41) is 12.7. The molecule has 10 nitrogen and oxygen atoms in total. The molecule has 5 heterocycles. The first-order chi connectivity index (χ1) is 14.1. The SMILES string of the molecule is Cn1cc(-c2nnc3n2CCN(C(=O)[C@H]2CC(=O)N(Cc4ccco4)C2)C3)cn1. The van der Waals surface area contributed by atoms with Crippen molar-refractivity contribution in [2.45, 2.75) is 26.1 Å². The van der Waals surface area contributed by atoms with Crippen molar-refractivity contribution in [2.75, 3.05) is 13.1 Å². The van der Waals surface area contributed by atoms with Gasteiger partial charge in [-0.15, -0.1) is 10.2 Å². The Bertz CT molecular complexity index is 1050. The standard InChI is InChI=1S/C19H21N7O3/c1-23-9-14(8-20-23)18-22-21-16-12-24(4-5-26(16)18)19(28)13-7-17(27)25(10-13)11-15-3-2-6-29-15/h2-3,6,8-9,13H,4-5,7,10-12H2,1H3/t13-/m0/s1. The normalized spacial score (nSPS) is 19.1. The van der Waals surface area contributed by atoms with Gasteiger partial charge in [0.1, 0.15) is 5.76 Å². The molecule has 1 saturated heterocycles. The highest BCUT2D eigenvalue weighted by molar-refractivity contribution is 5.89. The minimum absolute atomic E-state index is 0.00234. The Kier molecular flexibility index (Phi) is 4.18. The Balaban J connectivity index is 1.27. The summed E-state index contributed by atoms with van der Waals surface area (Å²) in [5.41, 5.74) is 0.904. The zero-order chi connectivity index (χ0) is 20.0. The number of carbonyl (C=O) groups is 2. The number of nitrogens with zero attached hydrogens (tertiary/aromatic N) is 7. The van der Waals surface area contributed by atoms with Gasteiger partial charge in [-0.1, -0.05) is 0 Å². The number of rotatable bonds is 4. The van der Waals surface area contributed by atoms with E-state index in [2.05, 4.69) is 15.3 Å². The number of aryl methyl sites for hydroxylation is 1. The van der Waals surface area contributed by atoms with Gasteiger partial charge in [0.15, 0.2) is 11.6 Å². The highest BCUT2D eigenvalue weighted by atomic mass is 16.3. The number of likely N-dealkylation sites (tertiary alicyclic amines) is 1. The molecule has 0 aromatic carbocycles. The number of hydrogen-bond donors (Lipinski definition) is 0. The molecule has 1 atom stereocenters. The molecule has 3 aromatic heterocycles. The molecule has 5 rings (SSSR count). The average molecular weight is 395 g/mol. The van der Waals surface area contributed by atoms with E-state index in [4.69, 9.17) is 4.42 Å². The summed E-state index contributed by atoms with van der Waals surface area (Å²) < 4.78 is 9.08. The Morgan fingerprint density at radius 2 is 2.21 bits per heavy atom. The summed E-state index contributed by atoms with van der Waals surface area (Å²) in [6, 6.07) is 3.63. The lowest BCUT2D eigenvalue weighted by molar-refractivity contribution is -0.137. The number of aromatic nitrogens is 5. The van der Waals surface area contributed by atoms with Gasteiger partial charge in [-0.3, -0.25) is 14.3 Å². The van der Waals surface area contributed by atoms with Crippen LogP contribution >= 0.6 is 0 Å². The first-order valence-electron chi connectivity index (χ1n) is 9.58. The van der Waals surface area contributed by atoms with Crippen LogP contribution in [0.3, 0.4) is 0 Å². The minimum Gasteiger partial charge on any atom is -0.467 e. The van der Waals surface area contributed by atoms with Gasteiger partial charge in [0.25, 0.3) is 0 Å². The van der Waals surface area contributed by atoms with Crippen molar-refractivity contribution in [1.29, 1.82) is 0 Å². The van der Waals surface area contributed by atoms with Crippen molar-refractivity contribution in [1.82, 2.24) is 34.3 Å². The maximum Gasteiger partial charge on any atom is 0.228 e. The zero-order valence-electron chi connectivity index (χ0n) is 16.1. The molecule has 0 aliphatic carbocycles. The summed E-state index contributed by atoms with van der Waals surface area (Å²) in [5.74, 6) is 1.89. The quantitative estimate of drug-likeness (QED) is 0.643. The van der Waals surface area contributed by atoms with Crippen LogP contribution in [0.15, 0.2) is 35.2 Å². The van der Waals surface area contributed by atoms with Crippen molar-refractivity contribution >= 4 is 11.8 Å². The fourth-order valence-corrected chi connectivity index (χ4v) is 4.04. The number of amides is 2. The van der Waals surface area contributed by atoms with Crippen LogP contribution < -0.4 is 0 Å². The van der Waals surface area contributed by atoms with E-state index >= 15 is 0 Å². The topological polar surface area (TPSA) is 102 Å². The van der Waals surface area contributed by atoms with E-state index in [0.717, 1.165) is 23.0 Å². The van der Waals surface area contributed by atoms with Crippen LogP contribution in [0.4, 0.5) is 0 Å². The molecular weight excluding hydrogens is 374 g/mol. The molecular formula is C19H21N7O3. The zero-order valence-corrected chi connectivity index (χ0v) is 16.1. The van der Waals surface area contributed by atoms with Gasteiger partial charge in [-0.25, -0.2) is 0 Å². The second kappa shape index (κ2) is 6.87. The van der Waals surface area contributed by atoms with Gasteiger partial charge in [0.2, 0.25) is 11.8 Å². The molecule has 0 unspecified atom stereocenters. The van der Waals surface area contributed by atoms with Crippen LogP contribution in [-0.2, 0) is 36.3 Å². The van der Waals surface area contributed by atoms with Gasteiger partial charge in [0, 0.05) is 39.3 Å². The number of hydrogen-bond acceptors (Lipinski definition) is 6. The van der Waals surface area contributed by atoms with Crippen LogP contribution in [0.25, 0.3) is 11.4 Å². The lowest BCUT2D eigenvalue weighted by atomic mass is 10.1. The van der Waals surface area contributed by atoms with E-state index in [0.29, 0.717) is 32.7 Å². The lowest BCUT2D eigenvalue weighted by Gasteiger charge is -2.29. The smallest absolute Gasteiger partial charge is 0.228 e. The van der Waals surface area contributed by atoms with Crippen LogP contribution in [0.2, 0.25) is 0 Å². The molecule has 0 saturated carbocycles. The van der Waals surface area contributed by atoms with Crippen LogP contribution in [0.5, 0.6) is 0 Å². The van der Waals surface area contributed by atoms with Gasteiger partial charge >= 0.3 is 0 Å². The third-order valence-corrected chi connectivity index (χ3v) is 5.52. The monoisotopic (exact) mass is 395 g/mol. The average Bonchev–Trinajstić information content (AvgIpc) is 3.49. The number of carbonyl (C=O) groups excluding carboxylic acids is 2. The molecule has 1 fully saturated rings. The van der Waals surface area contributed by atoms with Crippen LogP contribution in [-0.4, -0.2) is 59.2 Å². The van der Waals surface area contributed by atoms with Crippen molar-refractivity contribution < 1.29 is 14.0 Å². The summed E-state index contributed by atoms with van der Waals surface area (Å²) in [7, 11) is 1.86. The number of fused-ring (bicyclic) bond motifs is 1. The van der Waals surface area contributed by atoms with E-state index in [1.807, 2.05) is 23.9 Å². The molecule has 0 bridgehead atoms. The fraction of sp³-hybridized carbons (Fsp3) is 0.421. The second-order valence-corrected chi connectivity index (χ2v) is 7.51. The molecule has 2 amide bonds. The Hall–Kier alpha value is -3.43. The predicted octanol–water partition coefficient (Wildman–Crippen LogP) is 0.662. The molecule has 10 heteroatoms. The molecule has 0 radical (unpaired) electrons. The van der Waals surface area contributed by atoms with E-state index in [1.54, 1.807) is 33.0 Å². The Morgan fingerprint density at radius 1 is 1.31 bits per heavy atom. The maximum absolute atomic E-state index is 13.0. The Morgan fingerprint density at radius 3 is 2.97 bits per heavy atom. The van der Waals surface area contributed by atoms with Crippen molar-refractivity contribution in [3.63, 3.8) is 0 Å². The van der Waals surface area contributed by atoms with Crippen molar-refractivity contribution in [3.05, 3.63) is 42.4 Å². The lowest BCUT2D eigenvalue weighted by Crippen LogP contribution is -2.42. The van der Waals surface area contributed by atoms with Gasteiger partial charge < -0.3 is 18.8 Å². The molecule has 2 aliphatic heterocycles. The molecule has 3 aromatic rings. The van der Waals surface area contributed by atoms with Crippen LogP contribution in [0, 0.1) is 5.92 Å².